The van der Waals surface area contributed by atoms with Crippen molar-refractivity contribution in [2.75, 3.05) is 26.7 Å². The van der Waals surface area contributed by atoms with E-state index in [1.807, 2.05) is 6.20 Å². The lowest BCUT2D eigenvalue weighted by molar-refractivity contribution is 0.381. The van der Waals surface area contributed by atoms with Crippen LogP contribution in [0, 0.1) is 5.92 Å². The maximum absolute atomic E-state index is 4.30. The number of aromatic nitrogens is 2. The minimum absolute atomic E-state index is 0.291. The summed E-state index contributed by atoms with van der Waals surface area (Å²) in [6, 6.07) is 0.291. The Balaban J connectivity index is 1.78. The highest BCUT2D eigenvalue weighted by atomic mass is 15.1. The summed E-state index contributed by atoms with van der Waals surface area (Å²) in [6.45, 7) is 5.65. The molecule has 4 heteroatoms. The molecule has 0 saturated carbocycles. The van der Waals surface area contributed by atoms with E-state index in [0.717, 1.165) is 18.2 Å². The van der Waals surface area contributed by atoms with Crippen LogP contribution in [0.3, 0.4) is 0 Å². The topological polar surface area (TPSA) is 41.0 Å². The van der Waals surface area contributed by atoms with Crippen molar-refractivity contribution in [3.63, 3.8) is 0 Å². The molecule has 2 unspecified atom stereocenters. The highest BCUT2D eigenvalue weighted by Crippen LogP contribution is 2.15. The first-order valence-electron chi connectivity index (χ1n) is 5.93. The van der Waals surface area contributed by atoms with Crippen molar-refractivity contribution < 1.29 is 0 Å². The highest BCUT2D eigenvalue weighted by molar-refractivity contribution is 5.00. The fourth-order valence-corrected chi connectivity index (χ4v) is 2.18. The minimum Gasteiger partial charge on any atom is -0.308 e. The van der Waals surface area contributed by atoms with E-state index in [9.17, 15) is 0 Å². The number of likely N-dealkylation sites (tertiary alicyclic amines) is 1. The Labute approximate surface area is 97.1 Å². The van der Waals surface area contributed by atoms with Gasteiger partial charge in [-0.15, -0.1) is 0 Å². The molecular formula is C12H20N4. The van der Waals surface area contributed by atoms with E-state index in [-0.39, 0.29) is 0 Å². The molecule has 0 aliphatic carbocycles. The summed E-state index contributed by atoms with van der Waals surface area (Å²) < 4.78 is 0. The van der Waals surface area contributed by atoms with Gasteiger partial charge in [-0.2, -0.15) is 0 Å². The third kappa shape index (κ3) is 3.00. The van der Waals surface area contributed by atoms with E-state index in [1.54, 1.807) is 12.4 Å². The zero-order valence-corrected chi connectivity index (χ0v) is 10.1. The van der Waals surface area contributed by atoms with Gasteiger partial charge in [-0.3, -0.25) is 9.97 Å². The van der Waals surface area contributed by atoms with Crippen molar-refractivity contribution in [1.82, 2.24) is 20.2 Å². The van der Waals surface area contributed by atoms with Crippen molar-refractivity contribution in [3.8, 4) is 0 Å². The van der Waals surface area contributed by atoms with Gasteiger partial charge in [-0.05, 0) is 39.4 Å². The lowest BCUT2D eigenvalue weighted by Gasteiger charge is -2.16. The molecule has 16 heavy (non-hydrogen) atoms. The molecule has 0 spiro atoms. The highest BCUT2D eigenvalue weighted by Gasteiger charge is 2.19. The SMILES string of the molecule is CC(NCC1CCN(C)C1)c1cnccn1. The number of hydrogen-bond donors (Lipinski definition) is 1. The van der Waals surface area contributed by atoms with Crippen molar-refractivity contribution in [3.05, 3.63) is 24.3 Å². The third-order valence-corrected chi connectivity index (χ3v) is 3.23. The molecule has 2 rings (SSSR count). The Bertz CT molecular complexity index is 314. The van der Waals surface area contributed by atoms with Crippen LogP contribution in [-0.2, 0) is 0 Å². The predicted octanol–water partition coefficient (Wildman–Crippen LogP) is 1.08. The average Bonchev–Trinajstić information content (AvgIpc) is 2.73. The maximum atomic E-state index is 4.30. The van der Waals surface area contributed by atoms with Gasteiger partial charge in [0.25, 0.3) is 0 Å². The van der Waals surface area contributed by atoms with Gasteiger partial charge in [0.05, 0.1) is 5.69 Å². The second-order valence-electron chi connectivity index (χ2n) is 4.68. The van der Waals surface area contributed by atoms with Crippen molar-refractivity contribution in [2.24, 2.45) is 5.92 Å². The van der Waals surface area contributed by atoms with E-state index in [0.29, 0.717) is 6.04 Å². The van der Waals surface area contributed by atoms with Gasteiger partial charge in [0, 0.05) is 31.2 Å². The molecule has 1 aromatic rings. The number of rotatable bonds is 4. The molecule has 2 atom stereocenters. The molecule has 2 heterocycles. The Morgan fingerprint density at radius 2 is 2.44 bits per heavy atom. The molecule has 4 nitrogen and oxygen atoms in total. The molecule has 88 valence electrons. The predicted molar refractivity (Wildman–Crippen MR) is 64.1 cm³/mol. The molecule has 1 aliphatic rings. The summed E-state index contributed by atoms with van der Waals surface area (Å²) in [7, 11) is 2.19. The van der Waals surface area contributed by atoms with Crippen LogP contribution in [0.25, 0.3) is 0 Å². The van der Waals surface area contributed by atoms with Crippen LogP contribution in [-0.4, -0.2) is 41.5 Å². The summed E-state index contributed by atoms with van der Waals surface area (Å²) in [5, 5.41) is 3.53. The molecule has 0 aromatic carbocycles. The van der Waals surface area contributed by atoms with Gasteiger partial charge in [0.15, 0.2) is 0 Å². The monoisotopic (exact) mass is 220 g/mol. The molecule has 1 aliphatic heterocycles. The number of nitrogens with zero attached hydrogens (tertiary/aromatic N) is 3. The largest absolute Gasteiger partial charge is 0.308 e. The molecule has 1 N–H and O–H groups in total. The van der Waals surface area contributed by atoms with E-state index in [2.05, 4.69) is 34.2 Å². The minimum atomic E-state index is 0.291. The van der Waals surface area contributed by atoms with Crippen LogP contribution >= 0.6 is 0 Å². The fraction of sp³-hybridized carbons (Fsp3) is 0.667. The molecular weight excluding hydrogens is 200 g/mol. The van der Waals surface area contributed by atoms with Gasteiger partial charge in [-0.25, -0.2) is 0 Å². The van der Waals surface area contributed by atoms with Crippen molar-refractivity contribution in [2.45, 2.75) is 19.4 Å². The van der Waals surface area contributed by atoms with Gasteiger partial charge in [0.1, 0.15) is 0 Å². The summed E-state index contributed by atoms with van der Waals surface area (Å²) in [6.07, 6.45) is 6.59. The zero-order valence-electron chi connectivity index (χ0n) is 10.1. The summed E-state index contributed by atoms with van der Waals surface area (Å²) in [5.41, 5.74) is 1.02. The molecule has 1 aromatic heterocycles. The lowest BCUT2D eigenvalue weighted by atomic mass is 10.1. The van der Waals surface area contributed by atoms with E-state index >= 15 is 0 Å². The van der Waals surface area contributed by atoms with Crippen LogP contribution in [0.2, 0.25) is 0 Å². The first-order valence-corrected chi connectivity index (χ1v) is 5.93. The van der Waals surface area contributed by atoms with E-state index < -0.39 is 0 Å². The van der Waals surface area contributed by atoms with Gasteiger partial charge in [-0.1, -0.05) is 0 Å². The third-order valence-electron chi connectivity index (χ3n) is 3.23. The summed E-state index contributed by atoms with van der Waals surface area (Å²) in [5.74, 6) is 0.782. The molecule has 0 radical (unpaired) electrons. The van der Waals surface area contributed by atoms with Gasteiger partial charge >= 0.3 is 0 Å². The molecule has 1 fully saturated rings. The lowest BCUT2D eigenvalue weighted by Crippen LogP contribution is -2.27. The second-order valence-corrected chi connectivity index (χ2v) is 4.68. The Morgan fingerprint density at radius 1 is 1.56 bits per heavy atom. The first-order chi connectivity index (χ1) is 7.75. The first kappa shape index (κ1) is 11.5. The van der Waals surface area contributed by atoms with Gasteiger partial charge in [0.2, 0.25) is 0 Å². The van der Waals surface area contributed by atoms with Crippen LogP contribution in [0.5, 0.6) is 0 Å². The van der Waals surface area contributed by atoms with Crippen LogP contribution in [0.1, 0.15) is 25.1 Å². The molecule has 0 bridgehead atoms. The van der Waals surface area contributed by atoms with Gasteiger partial charge < -0.3 is 10.2 Å². The second kappa shape index (κ2) is 5.37. The number of hydrogen-bond acceptors (Lipinski definition) is 4. The molecule has 1 saturated heterocycles. The van der Waals surface area contributed by atoms with Crippen LogP contribution in [0.4, 0.5) is 0 Å². The Hall–Kier alpha value is -1.00. The normalized spacial score (nSPS) is 23.5. The maximum Gasteiger partial charge on any atom is 0.0753 e. The standard InChI is InChI=1S/C12H20N4/c1-10(12-8-13-4-5-14-12)15-7-11-3-6-16(2)9-11/h4-5,8,10-11,15H,3,6-7,9H2,1-2H3. The molecule has 0 amide bonds. The number of nitrogens with one attached hydrogen (secondary N) is 1. The quantitative estimate of drug-likeness (QED) is 0.824. The van der Waals surface area contributed by atoms with Crippen molar-refractivity contribution in [1.29, 1.82) is 0 Å². The zero-order chi connectivity index (χ0) is 11.4. The van der Waals surface area contributed by atoms with Crippen LogP contribution in [0.15, 0.2) is 18.6 Å². The van der Waals surface area contributed by atoms with Crippen molar-refractivity contribution >= 4 is 0 Å². The summed E-state index contributed by atoms with van der Waals surface area (Å²) >= 11 is 0. The van der Waals surface area contributed by atoms with E-state index in [1.165, 1.54) is 19.5 Å². The summed E-state index contributed by atoms with van der Waals surface area (Å²) in [4.78, 5) is 10.8. The smallest absolute Gasteiger partial charge is 0.0753 e. The average molecular weight is 220 g/mol. The van der Waals surface area contributed by atoms with E-state index in [4.69, 9.17) is 0 Å². The Morgan fingerprint density at radius 3 is 3.06 bits per heavy atom. The fourth-order valence-electron chi connectivity index (χ4n) is 2.18. The Kier molecular flexibility index (Phi) is 3.85. The van der Waals surface area contributed by atoms with Crippen LogP contribution < -0.4 is 5.32 Å².